The predicted octanol–water partition coefficient (Wildman–Crippen LogP) is 12.7. The van der Waals surface area contributed by atoms with Crippen LogP contribution in [-0.2, 0) is 6.42 Å². The van der Waals surface area contributed by atoms with Crippen molar-refractivity contribution in [1.82, 2.24) is 29.9 Å². The SMILES string of the molecule is C=C/C(=C\C=C/C)c1nc(-c2ccc(C)cc2)nc(-c2ccc3c4c(cccc24)Sc2cc(-c4nc(-c5ccccc5)nc(-c5ccc(CC)cc5)n4)ccc2-3)n1. The van der Waals surface area contributed by atoms with Gasteiger partial charge in [0.25, 0.3) is 0 Å². The zero-order chi connectivity index (χ0) is 38.9. The molecule has 0 saturated heterocycles. The van der Waals surface area contributed by atoms with Gasteiger partial charge in [-0.2, -0.15) is 0 Å². The van der Waals surface area contributed by atoms with E-state index in [1.54, 1.807) is 17.8 Å². The summed E-state index contributed by atoms with van der Waals surface area (Å²) in [7, 11) is 0. The van der Waals surface area contributed by atoms with Crippen LogP contribution in [0.3, 0.4) is 0 Å². The van der Waals surface area contributed by atoms with Gasteiger partial charge in [-0.05, 0) is 60.5 Å². The summed E-state index contributed by atoms with van der Waals surface area (Å²) < 4.78 is 0. The van der Waals surface area contributed by atoms with Gasteiger partial charge < -0.3 is 0 Å². The summed E-state index contributed by atoms with van der Waals surface area (Å²) in [6, 6.07) is 44.2. The van der Waals surface area contributed by atoms with E-state index in [-0.39, 0.29) is 0 Å². The Hall–Kier alpha value is -6.83. The third-order valence-corrected chi connectivity index (χ3v) is 11.3. The molecule has 6 aromatic carbocycles. The van der Waals surface area contributed by atoms with Gasteiger partial charge in [-0.25, -0.2) is 29.9 Å². The van der Waals surface area contributed by atoms with Crippen molar-refractivity contribution in [2.24, 2.45) is 0 Å². The van der Waals surface area contributed by atoms with Gasteiger partial charge in [-0.15, -0.1) is 0 Å². The average molecular weight is 755 g/mol. The lowest BCUT2D eigenvalue weighted by Gasteiger charge is -2.22. The maximum absolute atomic E-state index is 5.08. The number of allylic oxidation sites excluding steroid dienone is 5. The third kappa shape index (κ3) is 6.98. The Morgan fingerprint density at radius 3 is 1.88 bits per heavy atom. The number of hydrogen-bond donors (Lipinski definition) is 0. The van der Waals surface area contributed by atoms with E-state index in [1.807, 2.05) is 55.5 Å². The molecule has 0 N–H and O–H groups in total. The van der Waals surface area contributed by atoms with Crippen LogP contribution in [-0.4, -0.2) is 29.9 Å². The summed E-state index contributed by atoms with van der Waals surface area (Å²) >= 11 is 1.76. The molecule has 7 heteroatoms. The first-order chi connectivity index (χ1) is 28.0. The molecule has 274 valence electrons. The average Bonchev–Trinajstić information content (AvgIpc) is 3.27. The first kappa shape index (κ1) is 35.8. The second kappa shape index (κ2) is 15.4. The lowest BCUT2D eigenvalue weighted by Crippen LogP contribution is -2.03. The number of hydrogen-bond acceptors (Lipinski definition) is 7. The van der Waals surface area contributed by atoms with Crippen molar-refractivity contribution >= 4 is 28.1 Å². The molecular formula is C50H38N6S. The molecule has 3 heterocycles. The highest BCUT2D eigenvalue weighted by atomic mass is 32.2. The zero-order valence-corrected chi connectivity index (χ0v) is 32.8. The van der Waals surface area contributed by atoms with E-state index >= 15 is 0 Å². The fourth-order valence-corrected chi connectivity index (χ4v) is 8.27. The fraction of sp³-hybridized carbons (Fsp3) is 0.0800. The van der Waals surface area contributed by atoms with Crippen LogP contribution in [0.25, 0.3) is 84.4 Å². The summed E-state index contributed by atoms with van der Waals surface area (Å²) in [5.41, 5.74) is 10.3. The van der Waals surface area contributed by atoms with Crippen molar-refractivity contribution in [1.29, 1.82) is 0 Å². The van der Waals surface area contributed by atoms with Gasteiger partial charge >= 0.3 is 0 Å². The van der Waals surface area contributed by atoms with Gasteiger partial charge in [0.15, 0.2) is 34.9 Å². The van der Waals surface area contributed by atoms with Crippen LogP contribution in [0.4, 0.5) is 0 Å². The smallest absolute Gasteiger partial charge is 0.164 e. The van der Waals surface area contributed by atoms with Crippen LogP contribution in [0.1, 0.15) is 30.8 Å². The highest BCUT2D eigenvalue weighted by Crippen LogP contribution is 2.50. The monoisotopic (exact) mass is 754 g/mol. The highest BCUT2D eigenvalue weighted by molar-refractivity contribution is 7.99. The number of aryl methyl sites for hydroxylation is 2. The molecule has 9 rings (SSSR count). The molecule has 1 aliphatic heterocycles. The molecule has 0 aliphatic carbocycles. The van der Waals surface area contributed by atoms with Gasteiger partial charge in [-0.1, -0.05) is 164 Å². The standard InChI is InChI=1S/C50H38N6S/c1-5-8-13-33(7-3)45-51-48(35-22-18-31(4)19-23-35)56-50(55-45)41-29-28-40-38-27-26-37(30-43(38)57-42-17-12-16-39(41)44(40)42)49-53-46(34-14-10-9-11-15-34)52-47(54-49)36-24-20-32(6-2)21-25-36/h5,7-30H,3,6H2,1-2,4H3/b8-5-,33-13+. The number of fused-ring (bicyclic) bond motifs is 2. The van der Waals surface area contributed by atoms with Gasteiger partial charge in [-0.3, -0.25) is 0 Å². The number of rotatable bonds is 9. The number of aromatic nitrogens is 6. The Morgan fingerprint density at radius 2 is 1.18 bits per heavy atom. The minimum absolute atomic E-state index is 0.575. The fourth-order valence-electron chi connectivity index (χ4n) is 7.10. The lowest BCUT2D eigenvalue weighted by molar-refractivity contribution is 1.04. The van der Waals surface area contributed by atoms with E-state index in [2.05, 4.69) is 117 Å². The molecule has 1 aliphatic rings. The van der Waals surface area contributed by atoms with E-state index in [0.717, 1.165) is 61.2 Å². The largest absolute Gasteiger partial charge is 0.208 e. The molecular weight excluding hydrogens is 717 g/mol. The van der Waals surface area contributed by atoms with E-state index in [9.17, 15) is 0 Å². The highest BCUT2D eigenvalue weighted by Gasteiger charge is 2.24. The Bertz CT molecular complexity index is 2880. The number of benzene rings is 6. The van der Waals surface area contributed by atoms with E-state index in [1.165, 1.54) is 21.4 Å². The van der Waals surface area contributed by atoms with Crippen molar-refractivity contribution in [2.75, 3.05) is 0 Å². The summed E-state index contributed by atoms with van der Waals surface area (Å²) in [4.78, 5) is 32.4. The summed E-state index contributed by atoms with van der Waals surface area (Å²) in [5, 5.41) is 2.26. The molecule has 2 aromatic heterocycles. The molecule has 0 unspecified atom stereocenters. The second-order valence-electron chi connectivity index (χ2n) is 13.9. The van der Waals surface area contributed by atoms with Crippen LogP contribution in [0, 0.1) is 6.92 Å². The first-order valence-electron chi connectivity index (χ1n) is 19.1. The molecule has 57 heavy (non-hydrogen) atoms. The van der Waals surface area contributed by atoms with Crippen molar-refractivity contribution in [3.8, 4) is 68.1 Å². The predicted molar refractivity (Wildman–Crippen MR) is 235 cm³/mol. The molecule has 0 atom stereocenters. The van der Waals surface area contributed by atoms with E-state index in [4.69, 9.17) is 29.9 Å². The van der Waals surface area contributed by atoms with Crippen LogP contribution >= 0.6 is 11.8 Å². The maximum atomic E-state index is 5.08. The molecule has 0 fully saturated rings. The van der Waals surface area contributed by atoms with Crippen molar-refractivity contribution in [2.45, 2.75) is 37.0 Å². The third-order valence-electron chi connectivity index (χ3n) is 10.2. The van der Waals surface area contributed by atoms with Crippen molar-refractivity contribution in [3.05, 3.63) is 175 Å². The van der Waals surface area contributed by atoms with Crippen LogP contribution in [0.15, 0.2) is 168 Å². The van der Waals surface area contributed by atoms with Crippen molar-refractivity contribution in [3.63, 3.8) is 0 Å². The van der Waals surface area contributed by atoms with E-state index < -0.39 is 0 Å². The Kier molecular flexibility index (Phi) is 9.66. The van der Waals surface area contributed by atoms with Gasteiger partial charge in [0.2, 0.25) is 0 Å². The second-order valence-corrected chi connectivity index (χ2v) is 15.0. The first-order valence-corrected chi connectivity index (χ1v) is 19.9. The Balaban J connectivity index is 1.16. The topological polar surface area (TPSA) is 77.3 Å². The normalized spacial score (nSPS) is 12.2. The molecule has 0 bridgehead atoms. The minimum Gasteiger partial charge on any atom is -0.208 e. The molecule has 0 radical (unpaired) electrons. The van der Waals surface area contributed by atoms with Crippen molar-refractivity contribution < 1.29 is 0 Å². The van der Waals surface area contributed by atoms with Crippen LogP contribution < -0.4 is 0 Å². The van der Waals surface area contributed by atoms with Gasteiger partial charge in [0, 0.05) is 48.6 Å². The number of nitrogens with zero attached hydrogens (tertiary/aromatic N) is 6. The Morgan fingerprint density at radius 1 is 0.579 bits per heavy atom. The molecule has 0 amide bonds. The maximum Gasteiger partial charge on any atom is 0.164 e. The summed E-state index contributed by atoms with van der Waals surface area (Å²) in [6.07, 6.45) is 8.70. The minimum atomic E-state index is 0.575. The van der Waals surface area contributed by atoms with Crippen LogP contribution in [0.5, 0.6) is 0 Å². The Labute approximate surface area is 336 Å². The lowest BCUT2D eigenvalue weighted by atomic mass is 9.93. The quantitative estimate of drug-likeness (QED) is 0.136. The summed E-state index contributed by atoms with van der Waals surface area (Å²) in [5.74, 6) is 3.74. The summed E-state index contributed by atoms with van der Waals surface area (Å²) in [6.45, 7) is 10.3. The molecule has 8 aromatic rings. The van der Waals surface area contributed by atoms with Gasteiger partial charge in [0.1, 0.15) is 0 Å². The van der Waals surface area contributed by atoms with Crippen LogP contribution in [0.2, 0.25) is 0 Å². The van der Waals surface area contributed by atoms with Gasteiger partial charge in [0.05, 0.1) is 0 Å². The molecule has 6 nitrogen and oxygen atoms in total. The van der Waals surface area contributed by atoms with E-state index in [0.29, 0.717) is 34.9 Å². The zero-order valence-electron chi connectivity index (χ0n) is 31.9. The molecule has 0 saturated carbocycles. The molecule has 0 spiro atoms.